The normalized spacial score (nSPS) is 15.4. The van der Waals surface area contributed by atoms with Crippen molar-refractivity contribution in [2.75, 3.05) is 13.8 Å². The summed E-state index contributed by atoms with van der Waals surface area (Å²) in [7, 11) is -2.96. The molecule has 0 rings (SSSR count). The van der Waals surface area contributed by atoms with Crippen molar-refractivity contribution in [3.05, 3.63) is 10.4 Å². The number of phosphoric acid groups is 1. The van der Waals surface area contributed by atoms with Crippen LogP contribution in [0, 0.1) is 0 Å². The minimum absolute atomic E-state index is 0.516. The average molecular weight is 167 g/mol. The van der Waals surface area contributed by atoms with Crippen LogP contribution in [0.5, 0.6) is 0 Å². The van der Waals surface area contributed by atoms with Crippen molar-refractivity contribution in [2.24, 2.45) is 5.11 Å². The van der Waals surface area contributed by atoms with E-state index in [9.17, 15) is 4.57 Å². The monoisotopic (exact) mass is 167 g/mol. The number of nitrogens with zero attached hydrogens (tertiary/aromatic N) is 3. The van der Waals surface area contributed by atoms with Crippen LogP contribution in [0.4, 0.5) is 0 Å². The van der Waals surface area contributed by atoms with Crippen LogP contribution < -0.4 is 0 Å². The maximum absolute atomic E-state index is 10.4. The first-order valence-electron chi connectivity index (χ1n) is 2.16. The molecule has 10 heavy (non-hydrogen) atoms. The third-order valence-electron chi connectivity index (χ3n) is 0.573. The van der Waals surface area contributed by atoms with E-state index in [1.54, 1.807) is 0 Å². The van der Waals surface area contributed by atoms with E-state index < -0.39 is 14.6 Å². The summed E-state index contributed by atoms with van der Waals surface area (Å²) in [4.78, 5) is 10.8. The first-order valence-corrected chi connectivity index (χ1v) is 3.66. The second-order valence-electron chi connectivity index (χ2n) is 1.14. The Labute approximate surface area is 56.8 Å². The summed E-state index contributed by atoms with van der Waals surface area (Å²) in [5.41, 5.74) is 7.70. The van der Waals surface area contributed by atoms with E-state index in [4.69, 9.17) is 10.4 Å². The SMILES string of the molecule is COP(=O)(O)OCN=[N+]=[N-]. The van der Waals surface area contributed by atoms with Gasteiger partial charge in [0.25, 0.3) is 0 Å². The Morgan fingerprint density at radius 2 is 2.50 bits per heavy atom. The minimum atomic E-state index is -3.97. The maximum atomic E-state index is 10.4. The summed E-state index contributed by atoms with van der Waals surface area (Å²) in [6, 6.07) is 0. The van der Waals surface area contributed by atoms with E-state index in [-0.39, 0.29) is 0 Å². The van der Waals surface area contributed by atoms with Gasteiger partial charge in [-0.05, 0) is 5.53 Å². The summed E-state index contributed by atoms with van der Waals surface area (Å²) < 4.78 is 18.5. The van der Waals surface area contributed by atoms with Crippen LogP contribution in [0.15, 0.2) is 5.11 Å². The lowest BCUT2D eigenvalue weighted by molar-refractivity contribution is 0.177. The summed E-state index contributed by atoms with van der Waals surface area (Å²) in [5, 5.41) is 2.85. The molecule has 0 bridgehead atoms. The Hall–Kier alpha value is -0.580. The van der Waals surface area contributed by atoms with Crippen molar-refractivity contribution in [1.29, 1.82) is 0 Å². The molecule has 0 radical (unpaired) electrons. The van der Waals surface area contributed by atoms with Crippen LogP contribution in [0.3, 0.4) is 0 Å². The molecule has 7 nitrogen and oxygen atoms in total. The zero-order valence-electron chi connectivity index (χ0n) is 5.17. The zero-order chi connectivity index (χ0) is 8.04. The lowest BCUT2D eigenvalue weighted by Gasteiger charge is -2.04. The van der Waals surface area contributed by atoms with Crippen molar-refractivity contribution >= 4 is 7.82 Å². The highest BCUT2D eigenvalue weighted by Gasteiger charge is 2.16. The van der Waals surface area contributed by atoms with E-state index >= 15 is 0 Å². The van der Waals surface area contributed by atoms with Crippen LogP contribution in [0.25, 0.3) is 10.4 Å². The Balaban J connectivity index is 3.68. The van der Waals surface area contributed by atoms with E-state index in [0.29, 0.717) is 0 Å². The van der Waals surface area contributed by atoms with Crippen LogP contribution in [0.1, 0.15) is 0 Å². The van der Waals surface area contributed by atoms with E-state index in [2.05, 4.69) is 19.1 Å². The highest BCUT2D eigenvalue weighted by Crippen LogP contribution is 2.41. The Morgan fingerprint density at radius 1 is 1.90 bits per heavy atom. The highest BCUT2D eigenvalue weighted by atomic mass is 31.2. The summed E-state index contributed by atoms with van der Waals surface area (Å²) in [5.74, 6) is 0. The van der Waals surface area contributed by atoms with E-state index in [1.807, 2.05) is 0 Å². The van der Waals surface area contributed by atoms with Crippen molar-refractivity contribution in [3.63, 3.8) is 0 Å². The number of phosphoric ester groups is 1. The molecule has 0 spiro atoms. The van der Waals surface area contributed by atoms with Gasteiger partial charge in [0.1, 0.15) is 6.73 Å². The van der Waals surface area contributed by atoms with Gasteiger partial charge in [0, 0.05) is 12.0 Å². The van der Waals surface area contributed by atoms with E-state index in [1.165, 1.54) is 0 Å². The molecule has 0 saturated heterocycles. The molecule has 0 aliphatic carbocycles. The second-order valence-corrected chi connectivity index (χ2v) is 2.70. The van der Waals surface area contributed by atoms with Crippen molar-refractivity contribution in [2.45, 2.75) is 0 Å². The van der Waals surface area contributed by atoms with Gasteiger partial charge in [-0.25, -0.2) is 4.57 Å². The molecule has 0 amide bonds. The second kappa shape index (κ2) is 4.27. The van der Waals surface area contributed by atoms with Gasteiger partial charge in [-0.2, -0.15) is 0 Å². The van der Waals surface area contributed by atoms with Crippen molar-refractivity contribution in [3.8, 4) is 0 Å². The van der Waals surface area contributed by atoms with Gasteiger partial charge in [0.2, 0.25) is 0 Å². The molecule has 0 aromatic heterocycles. The van der Waals surface area contributed by atoms with E-state index in [0.717, 1.165) is 7.11 Å². The summed E-state index contributed by atoms with van der Waals surface area (Å²) >= 11 is 0. The van der Waals surface area contributed by atoms with Crippen LogP contribution in [-0.4, -0.2) is 18.7 Å². The van der Waals surface area contributed by atoms with Gasteiger partial charge in [-0.1, -0.05) is 5.11 Å². The van der Waals surface area contributed by atoms with Gasteiger partial charge in [0.15, 0.2) is 0 Å². The smallest absolute Gasteiger partial charge is 0.303 e. The fraction of sp³-hybridized carbons (Fsp3) is 1.00. The predicted molar refractivity (Wildman–Crippen MR) is 31.9 cm³/mol. The Morgan fingerprint density at radius 3 is 2.90 bits per heavy atom. The van der Waals surface area contributed by atoms with Gasteiger partial charge in [0.05, 0.1) is 0 Å². The molecule has 58 valence electrons. The highest BCUT2D eigenvalue weighted by molar-refractivity contribution is 7.47. The first-order chi connectivity index (χ1) is 4.62. The van der Waals surface area contributed by atoms with Crippen LogP contribution in [-0.2, 0) is 13.6 Å². The fourth-order valence-corrected chi connectivity index (χ4v) is 0.480. The Kier molecular flexibility index (Phi) is 4.02. The van der Waals surface area contributed by atoms with Gasteiger partial charge >= 0.3 is 7.82 Å². The Bertz CT molecular complexity index is 187. The first kappa shape index (κ1) is 9.42. The molecular formula is C2H6N3O4P. The van der Waals surface area contributed by atoms with Crippen LogP contribution in [0.2, 0.25) is 0 Å². The fourth-order valence-electron chi connectivity index (χ4n) is 0.177. The average Bonchev–Trinajstić information content (AvgIpc) is 1.89. The largest absolute Gasteiger partial charge is 0.472 e. The molecule has 0 aromatic rings. The van der Waals surface area contributed by atoms with Crippen LogP contribution >= 0.6 is 7.82 Å². The number of hydrogen-bond acceptors (Lipinski definition) is 4. The molecule has 0 aromatic carbocycles. The summed E-state index contributed by atoms with van der Waals surface area (Å²) in [6.07, 6.45) is 0. The molecule has 0 aliphatic rings. The third kappa shape index (κ3) is 4.31. The van der Waals surface area contributed by atoms with Crippen molar-refractivity contribution in [1.82, 2.24) is 0 Å². The maximum Gasteiger partial charge on any atom is 0.472 e. The standard InChI is InChI=1S/C2H6N3O4P/c1-8-10(6,7)9-2-4-5-3/h2H2,1H3,(H,6,7). The number of azide groups is 1. The minimum Gasteiger partial charge on any atom is -0.303 e. The molecule has 0 heterocycles. The molecular weight excluding hydrogens is 161 g/mol. The molecule has 1 unspecified atom stereocenters. The van der Waals surface area contributed by atoms with Crippen molar-refractivity contribution < 1.29 is 18.5 Å². The predicted octanol–water partition coefficient (Wildman–Crippen LogP) is 1.02. The quantitative estimate of drug-likeness (QED) is 0.292. The molecule has 1 atom stereocenters. The topological polar surface area (TPSA) is 105 Å². The molecule has 0 aliphatic heterocycles. The lowest BCUT2D eigenvalue weighted by atomic mass is 11.4. The van der Waals surface area contributed by atoms with Gasteiger partial charge in [-0.3, -0.25) is 9.05 Å². The number of rotatable bonds is 4. The molecule has 0 saturated carbocycles. The van der Waals surface area contributed by atoms with Gasteiger partial charge < -0.3 is 4.89 Å². The third-order valence-corrected chi connectivity index (χ3v) is 1.48. The summed E-state index contributed by atoms with van der Waals surface area (Å²) in [6.45, 7) is -0.516. The lowest BCUT2D eigenvalue weighted by Crippen LogP contribution is -1.90. The van der Waals surface area contributed by atoms with Gasteiger partial charge in [-0.15, -0.1) is 0 Å². The molecule has 8 heteroatoms. The zero-order valence-corrected chi connectivity index (χ0v) is 6.06. The number of hydrogen-bond donors (Lipinski definition) is 1. The molecule has 1 N–H and O–H groups in total. The molecule has 0 fully saturated rings.